The summed E-state index contributed by atoms with van der Waals surface area (Å²) in [5, 5.41) is 9.22. The molecule has 4 nitrogen and oxygen atoms in total. The highest BCUT2D eigenvalue weighted by molar-refractivity contribution is 7.03. The van der Waals surface area contributed by atoms with Gasteiger partial charge in [-0.1, -0.05) is 24.4 Å². The Kier molecular flexibility index (Phi) is 4.52. The quantitative estimate of drug-likeness (QED) is 0.869. The van der Waals surface area contributed by atoms with Crippen molar-refractivity contribution in [3.8, 4) is 5.75 Å². The number of nitrogens with one attached hydrogen (secondary N) is 1. The van der Waals surface area contributed by atoms with Crippen LogP contribution in [-0.2, 0) is 6.54 Å². The molecule has 18 heavy (non-hydrogen) atoms. The predicted octanol–water partition coefficient (Wildman–Crippen LogP) is 3.19. The summed E-state index contributed by atoms with van der Waals surface area (Å²) in [7, 11) is 0. The van der Waals surface area contributed by atoms with E-state index in [-0.39, 0.29) is 0 Å². The molecule has 0 radical (unpaired) electrons. The van der Waals surface area contributed by atoms with Gasteiger partial charge in [0, 0.05) is 17.1 Å². The summed E-state index contributed by atoms with van der Waals surface area (Å²) in [5.74, 6) is 1.42. The number of rotatable bonds is 6. The molecule has 5 heteroatoms. The van der Waals surface area contributed by atoms with Crippen molar-refractivity contribution in [1.82, 2.24) is 9.59 Å². The first-order valence-electron chi connectivity index (χ1n) is 5.96. The van der Waals surface area contributed by atoms with Gasteiger partial charge in [0.15, 0.2) is 0 Å². The van der Waals surface area contributed by atoms with E-state index in [1.54, 1.807) is 0 Å². The third-order valence-electron chi connectivity index (χ3n) is 2.30. The summed E-state index contributed by atoms with van der Waals surface area (Å²) in [5.41, 5.74) is 1.98. The summed E-state index contributed by atoms with van der Waals surface area (Å²) < 4.78 is 9.51. The molecule has 0 unspecified atom stereocenters. The average molecular weight is 263 g/mol. The van der Waals surface area contributed by atoms with Crippen LogP contribution in [0, 0.1) is 5.92 Å². The van der Waals surface area contributed by atoms with Crippen LogP contribution >= 0.6 is 11.5 Å². The molecule has 0 spiro atoms. The number of anilines is 1. The molecule has 1 heterocycles. The van der Waals surface area contributed by atoms with Gasteiger partial charge < -0.3 is 10.1 Å². The van der Waals surface area contributed by atoms with Crippen molar-refractivity contribution in [2.45, 2.75) is 20.4 Å². The maximum atomic E-state index is 5.68. The molecule has 0 aliphatic heterocycles. The first kappa shape index (κ1) is 12.8. The van der Waals surface area contributed by atoms with Gasteiger partial charge in [-0.05, 0) is 29.6 Å². The van der Waals surface area contributed by atoms with Crippen LogP contribution in [0.15, 0.2) is 29.6 Å². The SMILES string of the molecule is CC(C)COc1cccc(NCc2csnn2)c1. The second-order valence-corrected chi connectivity index (χ2v) is 5.09. The molecule has 0 fully saturated rings. The van der Waals surface area contributed by atoms with Crippen LogP contribution in [0.3, 0.4) is 0 Å². The number of hydrogen-bond donors (Lipinski definition) is 1. The Hall–Kier alpha value is -1.62. The van der Waals surface area contributed by atoms with Crippen molar-refractivity contribution in [3.63, 3.8) is 0 Å². The van der Waals surface area contributed by atoms with Crippen molar-refractivity contribution in [3.05, 3.63) is 35.3 Å². The summed E-state index contributed by atoms with van der Waals surface area (Å²) in [6.45, 7) is 5.69. The van der Waals surface area contributed by atoms with E-state index < -0.39 is 0 Å². The maximum Gasteiger partial charge on any atom is 0.121 e. The van der Waals surface area contributed by atoms with Crippen LogP contribution in [0.2, 0.25) is 0 Å². The van der Waals surface area contributed by atoms with Gasteiger partial charge in [-0.25, -0.2) is 0 Å². The Labute approximate surface area is 111 Å². The molecular weight excluding hydrogens is 246 g/mol. The van der Waals surface area contributed by atoms with Gasteiger partial charge in [0.25, 0.3) is 0 Å². The second-order valence-electron chi connectivity index (χ2n) is 4.48. The minimum Gasteiger partial charge on any atom is -0.493 e. The van der Waals surface area contributed by atoms with Gasteiger partial charge in [0.1, 0.15) is 5.75 Å². The molecule has 2 aromatic rings. The van der Waals surface area contributed by atoms with Crippen molar-refractivity contribution in [1.29, 1.82) is 0 Å². The van der Waals surface area contributed by atoms with E-state index in [1.807, 2.05) is 29.6 Å². The lowest BCUT2D eigenvalue weighted by Crippen LogP contribution is -2.05. The predicted molar refractivity (Wildman–Crippen MR) is 74.0 cm³/mol. The summed E-state index contributed by atoms with van der Waals surface area (Å²) in [6.07, 6.45) is 0. The molecule has 1 aromatic carbocycles. The average Bonchev–Trinajstić information content (AvgIpc) is 2.87. The molecule has 0 bridgehead atoms. The maximum absolute atomic E-state index is 5.68. The minimum absolute atomic E-state index is 0.530. The number of nitrogens with zero attached hydrogens (tertiary/aromatic N) is 2. The fraction of sp³-hybridized carbons (Fsp3) is 0.385. The van der Waals surface area contributed by atoms with Crippen LogP contribution < -0.4 is 10.1 Å². The Balaban J connectivity index is 1.90. The highest BCUT2D eigenvalue weighted by Gasteiger charge is 2.00. The van der Waals surface area contributed by atoms with E-state index in [2.05, 4.69) is 28.8 Å². The van der Waals surface area contributed by atoms with E-state index in [0.717, 1.165) is 23.7 Å². The first-order valence-corrected chi connectivity index (χ1v) is 6.80. The number of benzene rings is 1. The van der Waals surface area contributed by atoms with Gasteiger partial charge in [0.2, 0.25) is 0 Å². The molecule has 1 N–H and O–H groups in total. The number of ether oxygens (including phenoxy) is 1. The molecule has 96 valence electrons. The van der Waals surface area contributed by atoms with Gasteiger partial charge in [0.05, 0.1) is 18.8 Å². The topological polar surface area (TPSA) is 47.0 Å². The molecule has 0 saturated heterocycles. The van der Waals surface area contributed by atoms with Gasteiger partial charge in [-0.3, -0.25) is 0 Å². The van der Waals surface area contributed by atoms with Gasteiger partial charge in [-0.2, -0.15) is 0 Å². The Morgan fingerprint density at radius 2 is 2.28 bits per heavy atom. The Morgan fingerprint density at radius 1 is 1.39 bits per heavy atom. The van der Waals surface area contributed by atoms with E-state index in [9.17, 15) is 0 Å². The highest BCUT2D eigenvalue weighted by Crippen LogP contribution is 2.18. The lowest BCUT2D eigenvalue weighted by atomic mass is 10.2. The van der Waals surface area contributed by atoms with Crippen LogP contribution in [0.5, 0.6) is 5.75 Å². The first-order chi connectivity index (χ1) is 8.74. The fourth-order valence-corrected chi connectivity index (χ4v) is 1.86. The summed E-state index contributed by atoms with van der Waals surface area (Å²) >= 11 is 1.36. The molecule has 0 aliphatic rings. The molecule has 0 amide bonds. The summed E-state index contributed by atoms with van der Waals surface area (Å²) in [4.78, 5) is 0. The lowest BCUT2D eigenvalue weighted by molar-refractivity contribution is 0.271. The third kappa shape index (κ3) is 4.00. The van der Waals surface area contributed by atoms with Crippen molar-refractivity contribution in [2.75, 3.05) is 11.9 Å². The molecule has 1 aromatic heterocycles. The highest BCUT2D eigenvalue weighted by atomic mass is 32.1. The molecular formula is C13H17N3OS. The third-order valence-corrected chi connectivity index (χ3v) is 2.85. The molecule has 2 rings (SSSR count). The summed E-state index contributed by atoms with van der Waals surface area (Å²) in [6, 6.07) is 7.97. The van der Waals surface area contributed by atoms with Crippen LogP contribution in [-0.4, -0.2) is 16.2 Å². The Morgan fingerprint density at radius 3 is 3.00 bits per heavy atom. The smallest absolute Gasteiger partial charge is 0.121 e. The zero-order valence-electron chi connectivity index (χ0n) is 10.6. The fourth-order valence-electron chi connectivity index (χ4n) is 1.41. The monoisotopic (exact) mass is 263 g/mol. The van der Waals surface area contributed by atoms with Gasteiger partial charge >= 0.3 is 0 Å². The van der Waals surface area contributed by atoms with Crippen LogP contribution in [0.25, 0.3) is 0 Å². The van der Waals surface area contributed by atoms with Crippen LogP contribution in [0.1, 0.15) is 19.5 Å². The molecule has 0 saturated carbocycles. The van der Waals surface area contributed by atoms with Crippen molar-refractivity contribution in [2.24, 2.45) is 5.92 Å². The zero-order valence-corrected chi connectivity index (χ0v) is 11.4. The standard InChI is InChI=1S/C13H17N3OS/c1-10(2)8-17-13-5-3-4-11(6-13)14-7-12-9-18-16-15-12/h3-6,9-10,14H,7-8H2,1-2H3. The largest absolute Gasteiger partial charge is 0.493 e. The second kappa shape index (κ2) is 6.35. The van der Waals surface area contributed by atoms with E-state index in [1.165, 1.54) is 11.5 Å². The lowest BCUT2D eigenvalue weighted by Gasteiger charge is -2.10. The van der Waals surface area contributed by atoms with E-state index >= 15 is 0 Å². The number of aromatic nitrogens is 2. The van der Waals surface area contributed by atoms with Gasteiger partial charge in [-0.15, -0.1) is 5.10 Å². The van der Waals surface area contributed by atoms with E-state index in [0.29, 0.717) is 12.5 Å². The number of hydrogen-bond acceptors (Lipinski definition) is 5. The van der Waals surface area contributed by atoms with E-state index in [4.69, 9.17) is 4.74 Å². The van der Waals surface area contributed by atoms with Crippen molar-refractivity contribution < 1.29 is 4.74 Å². The zero-order chi connectivity index (χ0) is 12.8. The van der Waals surface area contributed by atoms with Crippen LogP contribution in [0.4, 0.5) is 5.69 Å². The van der Waals surface area contributed by atoms with Crippen molar-refractivity contribution >= 4 is 17.2 Å². The normalized spacial score (nSPS) is 10.6. The minimum atomic E-state index is 0.530. The Bertz CT molecular complexity index is 471. The molecule has 0 aliphatic carbocycles. The molecule has 0 atom stereocenters.